The van der Waals surface area contributed by atoms with E-state index in [9.17, 15) is 9.18 Å². The van der Waals surface area contributed by atoms with E-state index in [0.29, 0.717) is 17.1 Å². The Balaban J connectivity index is 2.30. The number of ether oxygens (including phenoxy) is 1. The maximum absolute atomic E-state index is 13.2. The van der Waals surface area contributed by atoms with Gasteiger partial charge in [-0.25, -0.2) is 14.2 Å². The fourth-order valence-corrected chi connectivity index (χ4v) is 1.69. The maximum Gasteiger partial charge on any atom is 0.330 e. The zero-order valence-electron chi connectivity index (χ0n) is 10.6. The fraction of sp³-hybridized carbons (Fsp3) is 0.231. The van der Waals surface area contributed by atoms with Crippen LogP contribution < -0.4 is 5.73 Å². The SMILES string of the molecule is COC(=O)[C@@H](N)c1ncc(-c2ccc(F)c(C)c2)[nH]1. The van der Waals surface area contributed by atoms with Gasteiger partial charge in [-0.2, -0.15) is 0 Å². The Morgan fingerprint density at radius 3 is 2.89 bits per heavy atom. The van der Waals surface area contributed by atoms with Gasteiger partial charge in [0.25, 0.3) is 0 Å². The van der Waals surface area contributed by atoms with Crippen molar-refractivity contribution in [3.05, 3.63) is 41.6 Å². The predicted octanol–water partition coefficient (Wildman–Crippen LogP) is 1.70. The molecule has 0 amide bonds. The minimum Gasteiger partial charge on any atom is -0.468 e. The van der Waals surface area contributed by atoms with Gasteiger partial charge in [-0.15, -0.1) is 0 Å². The van der Waals surface area contributed by atoms with Crippen LogP contribution in [0.1, 0.15) is 17.4 Å². The molecule has 19 heavy (non-hydrogen) atoms. The summed E-state index contributed by atoms with van der Waals surface area (Å²) < 4.78 is 17.7. The van der Waals surface area contributed by atoms with Crippen LogP contribution in [0.15, 0.2) is 24.4 Å². The fourth-order valence-electron chi connectivity index (χ4n) is 1.69. The molecule has 3 N–H and O–H groups in total. The Labute approximate surface area is 109 Å². The maximum atomic E-state index is 13.2. The summed E-state index contributed by atoms with van der Waals surface area (Å²) in [5, 5.41) is 0. The Kier molecular flexibility index (Phi) is 3.62. The number of hydrogen-bond donors (Lipinski definition) is 2. The minimum atomic E-state index is -0.958. The van der Waals surface area contributed by atoms with Crippen molar-refractivity contribution in [1.29, 1.82) is 0 Å². The quantitative estimate of drug-likeness (QED) is 0.826. The number of carbonyl (C=O) groups is 1. The van der Waals surface area contributed by atoms with Crippen LogP contribution in [-0.4, -0.2) is 23.0 Å². The molecule has 1 heterocycles. The third-order valence-electron chi connectivity index (χ3n) is 2.81. The molecule has 0 spiro atoms. The van der Waals surface area contributed by atoms with E-state index >= 15 is 0 Å². The molecule has 100 valence electrons. The highest BCUT2D eigenvalue weighted by Gasteiger charge is 2.19. The molecule has 5 nitrogen and oxygen atoms in total. The summed E-state index contributed by atoms with van der Waals surface area (Å²) in [7, 11) is 1.26. The number of rotatable bonds is 3. The molecule has 0 saturated heterocycles. The first-order chi connectivity index (χ1) is 9.02. The normalized spacial score (nSPS) is 12.2. The van der Waals surface area contributed by atoms with Gasteiger partial charge in [0, 0.05) is 5.56 Å². The van der Waals surface area contributed by atoms with Crippen molar-refractivity contribution in [3.8, 4) is 11.3 Å². The number of H-pyrrole nitrogens is 1. The standard InChI is InChI=1S/C13H14FN3O2/c1-7-5-8(3-4-9(7)14)10-6-16-12(17-10)11(15)13(18)19-2/h3-6,11H,15H2,1-2H3,(H,16,17)/t11-/m0/s1. The molecule has 2 rings (SSSR count). The molecule has 0 saturated carbocycles. The highest BCUT2D eigenvalue weighted by molar-refractivity contribution is 5.76. The largest absolute Gasteiger partial charge is 0.468 e. The molecule has 0 fully saturated rings. The lowest BCUT2D eigenvalue weighted by molar-refractivity contribution is -0.142. The van der Waals surface area contributed by atoms with Crippen molar-refractivity contribution in [3.63, 3.8) is 0 Å². The first-order valence-corrected chi connectivity index (χ1v) is 5.67. The summed E-state index contributed by atoms with van der Waals surface area (Å²) in [6.45, 7) is 1.68. The third-order valence-corrected chi connectivity index (χ3v) is 2.81. The molecule has 0 aliphatic rings. The second-order valence-electron chi connectivity index (χ2n) is 4.15. The molecule has 0 unspecified atom stereocenters. The van der Waals surface area contributed by atoms with E-state index < -0.39 is 12.0 Å². The molecule has 0 aliphatic carbocycles. The van der Waals surface area contributed by atoms with Gasteiger partial charge >= 0.3 is 5.97 Å². The monoisotopic (exact) mass is 263 g/mol. The average molecular weight is 263 g/mol. The topological polar surface area (TPSA) is 81.0 Å². The van der Waals surface area contributed by atoms with Gasteiger partial charge in [0.1, 0.15) is 11.6 Å². The van der Waals surface area contributed by atoms with Gasteiger partial charge in [-0.05, 0) is 30.7 Å². The lowest BCUT2D eigenvalue weighted by Crippen LogP contribution is -2.23. The number of nitrogens with zero attached hydrogens (tertiary/aromatic N) is 1. The van der Waals surface area contributed by atoms with Crippen molar-refractivity contribution < 1.29 is 13.9 Å². The van der Waals surface area contributed by atoms with Gasteiger partial charge in [0.2, 0.25) is 0 Å². The molecule has 1 atom stereocenters. The van der Waals surface area contributed by atoms with Crippen molar-refractivity contribution in [2.75, 3.05) is 7.11 Å². The van der Waals surface area contributed by atoms with Crippen molar-refractivity contribution >= 4 is 5.97 Å². The lowest BCUT2D eigenvalue weighted by atomic mass is 10.1. The molecular weight excluding hydrogens is 249 g/mol. The van der Waals surface area contributed by atoms with Gasteiger partial charge in [-0.1, -0.05) is 0 Å². The highest BCUT2D eigenvalue weighted by atomic mass is 19.1. The number of methoxy groups -OCH3 is 1. The molecule has 1 aromatic carbocycles. The molecule has 2 aromatic rings. The summed E-state index contributed by atoms with van der Waals surface area (Å²) in [6.07, 6.45) is 1.55. The highest BCUT2D eigenvalue weighted by Crippen LogP contribution is 2.21. The Hall–Kier alpha value is -2.21. The number of carbonyl (C=O) groups excluding carboxylic acids is 1. The van der Waals surface area contributed by atoms with Crippen LogP contribution in [0.2, 0.25) is 0 Å². The zero-order valence-corrected chi connectivity index (χ0v) is 10.6. The number of benzene rings is 1. The average Bonchev–Trinajstić information content (AvgIpc) is 2.89. The van der Waals surface area contributed by atoms with Crippen LogP contribution in [0.25, 0.3) is 11.3 Å². The molecule has 0 aliphatic heterocycles. The van der Waals surface area contributed by atoms with E-state index in [1.165, 1.54) is 13.2 Å². The molecule has 0 bridgehead atoms. The summed E-state index contributed by atoms with van der Waals surface area (Å²) in [5.41, 5.74) is 7.64. The first-order valence-electron chi connectivity index (χ1n) is 5.67. The predicted molar refractivity (Wildman–Crippen MR) is 67.7 cm³/mol. The number of nitrogens with two attached hydrogens (primary N) is 1. The molecule has 0 radical (unpaired) electrons. The van der Waals surface area contributed by atoms with Gasteiger partial charge in [-0.3, -0.25) is 0 Å². The summed E-state index contributed by atoms with van der Waals surface area (Å²) in [5.74, 6) is -0.533. The molecule has 1 aromatic heterocycles. The third kappa shape index (κ3) is 2.63. The van der Waals surface area contributed by atoms with E-state index in [1.54, 1.807) is 25.3 Å². The Morgan fingerprint density at radius 2 is 2.26 bits per heavy atom. The molecular formula is C13H14FN3O2. The second kappa shape index (κ2) is 5.19. The first kappa shape index (κ1) is 13.2. The number of aromatic nitrogens is 2. The molecule has 6 heteroatoms. The van der Waals surface area contributed by atoms with Crippen molar-refractivity contribution in [2.24, 2.45) is 5.73 Å². The summed E-state index contributed by atoms with van der Waals surface area (Å²) in [4.78, 5) is 18.3. The lowest BCUT2D eigenvalue weighted by Gasteiger charge is -2.05. The van der Waals surface area contributed by atoms with E-state index in [2.05, 4.69) is 14.7 Å². The van der Waals surface area contributed by atoms with Gasteiger partial charge < -0.3 is 15.5 Å². The zero-order chi connectivity index (χ0) is 14.0. The van der Waals surface area contributed by atoms with Crippen LogP contribution >= 0.6 is 0 Å². The number of hydrogen-bond acceptors (Lipinski definition) is 4. The van der Waals surface area contributed by atoms with E-state index in [1.807, 2.05) is 0 Å². The van der Waals surface area contributed by atoms with Gasteiger partial charge in [0.15, 0.2) is 6.04 Å². The number of esters is 1. The second-order valence-corrected chi connectivity index (χ2v) is 4.15. The Bertz CT molecular complexity index is 610. The summed E-state index contributed by atoms with van der Waals surface area (Å²) >= 11 is 0. The van der Waals surface area contributed by atoms with E-state index in [4.69, 9.17) is 5.73 Å². The number of aryl methyl sites for hydroxylation is 1. The summed E-state index contributed by atoms with van der Waals surface area (Å²) in [6, 6.07) is 3.74. The van der Waals surface area contributed by atoms with Gasteiger partial charge in [0.05, 0.1) is 19.0 Å². The van der Waals surface area contributed by atoms with Crippen LogP contribution in [-0.2, 0) is 9.53 Å². The van der Waals surface area contributed by atoms with Crippen molar-refractivity contribution in [2.45, 2.75) is 13.0 Å². The van der Waals surface area contributed by atoms with E-state index in [-0.39, 0.29) is 5.82 Å². The van der Waals surface area contributed by atoms with E-state index in [0.717, 1.165) is 5.56 Å². The van der Waals surface area contributed by atoms with Crippen LogP contribution in [0.5, 0.6) is 0 Å². The number of aromatic amines is 1. The minimum absolute atomic E-state index is 0.269. The van der Waals surface area contributed by atoms with Crippen LogP contribution in [0.3, 0.4) is 0 Å². The number of halogens is 1. The number of nitrogens with one attached hydrogen (secondary N) is 1. The van der Waals surface area contributed by atoms with Crippen molar-refractivity contribution in [1.82, 2.24) is 9.97 Å². The van der Waals surface area contributed by atoms with Crippen LogP contribution in [0.4, 0.5) is 4.39 Å². The van der Waals surface area contributed by atoms with Crippen LogP contribution in [0, 0.1) is 12.7 Å². The smallest absolute Gasteiger partial charge is 0.330 e. The number of imidazole rings is 1. The Morgan fingerprint density at radius 1 is 1.53 bits per heavy atom.